The minimum atomic E-state index is -0.419. The van der Waals surface area contributed by atoms with Gasteiger partial charge in [-0.2, -0.15) is 0 Å². The maximum Gasteiger partial charge on any atom is 0.293 e. The molecule has 1 amide bonds. The number of nitrogens with one attached hydrogen (secondary N) is 2. The Balaban J connectivity index is 1.51. The van der Waals surface area contributed by atoms with Crippen LogP contribution in [0.2, 0.25) is 0 Å². The summed E-state index contributed by atoms with van der Waals surface area (Å²) in [6, 6.07) is 16.3. The van der Waals surface area contributed by atoms with E-state index in [0.29, 0.717) is 22.7 Å². The van der Waals surface area contributed by atoms with Crippen LogP contribution >= 0.6 is 28.1 Å². The highest BCUT2D eigenvalue weighted by atomic mass is 79.9. The summed E-state index contributed by atoms with van der Waals surface area (Å²) in [5.74, 6) is 0.291. The number of fused-ring (bicyclic) bond motifs is 1. The molecule has 8 heteroatoms. The summed E-state index contributed by atoms with van der Waals surface area (Å²) >= 11 is 8.61. The zero-order valence-corrected chi connectivity index (χ0v) is 16.1. The Kier molecular flexibility index (Phi) is 4.74. The zero-order valence-electron chi connectivity index (χ0n) is 13.7. The number of carbonyl (C=O) groups is 1. The molecule has 2 N–H and O–H groups in total. The lowest BCUT2D eigenvalue weighted by Crippen LogP contribution is -2.33. The van der Waals surface area contributed by atoms with Gasteiger partial charge in [0.15, 0.2) is 16.5 Å². The van der Waals surface area contributed by atoms with Gasteiger partial charge in [0.25, 0.3) is 5.91 Å². The van der Waals surface area contributed by atoms with Crippen molar-refractivity contribution >= 4 is 56.0 Å². The molecular formula is C19H12BrN3O3S. The van der Waals surface area contributed by atoms with E-state index in [1.165, 1.54) is 6.26 Å². The minimum absolute atomic E-state index is 0.159. The number of hydrogen-bond donors (Lipinski definition) is 2. The van der Waals surface area contributed by atoms with Gasteiger partial charge in [-0.25, -0.2) is 4.98 Å². The standard InChI is InChI=1S/C19H12BrN3O3S/c20-12-4-1-3-11(9-12)18-22-14-10-13(6-7-15(14)26-18)21-19(27)23-17(24)16-5-2-8-25-16/h1-10H,(H2,21,23,24,27). The topological polar surface area (TPSA) is 80.3 Å². The summed E-state index contributed by atoms with van der Waals surface area (Å²) in [4.78, 5) is 16.5. The molecule has 0 bridgehead atoms. The van der Waals surface area contributed by atoms with E-state index in [4.69, 9.17) is 21.1 Å². The predicted octanol–water partition coefficient (Wildman–Crippen LogP) is 4.98. The van der Waals surface area contributed by atoms with Crippen molar-refractivity contribution in [1.29, 1.82) is 0 Å². The Hall–Kier alpha value is -2.97. The van der Waals surface area contributed by atoms with Crippen molar-refractivity contribution in [3.63, 3.8) is 0 Å². The summed E-state index contributed by atoms with van der Waals surface area (Å²) in [6.45, 7) is 0. The molecule has 0 saturated heterocycles. The number of aromatic nitrogens is 1. The first kappa shape index (κ1) is 17.4. The summed E-state index contributed by atoms with van der Waals surface area (Å²) in [5, 5.41) is 5.67. The molecule has 0 aliphatic heterocycles. The smallest absolute Gasteiger partial charge is 0.293 e. The number of oxazole rings is 1. The second kappa shape index (κ2) is 7.34. The van der Waals surface area contributed by atoms with E-state index in [2.05, 4.69) is 31.5 Å². The molecule has 0 saturated carbocycles. The normalized spacial score (nSPS) is 10.7. The van der Waals surface area contributed by atoms with Gasteiger partial charge >= 0.3 is 0 Å². The summed E-state index contributed by atoms with van der Waals surface area (Å²) in [5.41, 5.74) is 2.88. The van der Waals surface area contributed by atoms with Gasteiger partial charge in [0, 0.05) is 15.7 Å². The van der Waals surface area contributed by atoms with E-state index < -0.39 is 5.91 Å². The number of furan rings is 1. The van der Waals surface area contributed by atoms with E-state index in [0.717, 1.165) is 10.0 Å². The molecule has 0 spiro atoms. The number of carbonyl (C=O) groups excluding carboxylic acids is 1. The third-order valence-electron chi connectivity index (χ3n) is 3.69. The second-order valence-corrected chi connectivity index (χ2v) is 6.92. The molecule has 2 aromatic carbocycles. The van der Waals surface area contributed by atoms with Crippen molar-refractivity contribution in [2.24, 2.45) is 0 Å². The zero-order chi connectivity index (χ0) is 18.8. The Labute approximate surface area is 167 Å². The van der Waals surface area contributed by atoms with E-state index in [1.54, 1.807) is 30.3 Å². The van der Waals surface area contributed by atoms with Gasteiger partial charge in [0.05, 0.1) is 6.26 Å². The summed E-state index contributed by atoms with van der Waals surface area (Å²) in [7, 11) is 0. The Morgan fingerprint density at radius 1 is 1.11 bits per heavy atom. The van der Waals surface area contributed by atoms with E-state index in [1.807, 2.05) is 24.3 Å². The first-order valence-electron chi connectivity index (χ1n) is 7.91. The molecular weight excluding hydrogens is 430 g/mol. The van der Waals surface area contributed by atoms with Crippen LogP contribution in [-0.2, 0) is 0 Å². The largest absolute Gasteiger partial charge is 0.459 e. The lowest BCUT2D eigenvalue weighted by molar-refractivity contribution is 0.0950. The van der Waals surface area contributed by atoms with Crippen LogP contribution in [0.3, 0.4) is 0 Å². The Morgan fingerprint density at radius 2 is 2.00 bits per heavy atom. The average Bonchev–Trinajstić information content (AvgIpc) is 3.31. The van der Waals surface area contributed by atoms with Gasteiger partial charge in [-0.15, -0.1) is 0 Å². The Morgan fingerprint density at radius 3 is 2.78 bits per heavy atom. The number of rotatable bonds is 3. The molecule has 0 aliphatic rings. The van der Waals surface area contributed by atoms with Gasteiger partial charge < -0.3 is 14.2 Å². The predicted molar refractivity (Wildman–Crippen MR) is 110 cm³/mol. The van der Waals surface area contributed by atoms with Crippen LogP contribution < -0.4 is 10.6 Å². The van der Waals surface area contributed by atoms with Gasteiger partial charge in [-0.05, 0) is 60.7 Å². The lowest BCUT2D eigenvalue weighted by Gasteiger charge is -2.08. The van der Waals surface area contributed by atoms with Gasteiger partial charge in [-0.1, -0.05) is 22.0 Å². The molecule has 0 atom stereocenters. The van der Waals surface area contributed by atoms with E-state index in [9.17, 15) is 4.79 Å². The molecule has 0 fully saturated rings. The monoisotopic (exact) mass is 441 g/mol. The maximum absolute atomic E-state index is 11.9. The van der Waals surface area contributed by atoms with Crippen LogP contribution in [0.15, 0.2) is 74.2 Å². The van der Waals surface area contributed by atoms with Crippen molar-refractivity contribution in [3.05, 3.63) is 71.1 Å². The highest BCUT2D eigenvalue weighted by Crippen LogP contribution is 2.27. The van der Waals surface area contributed by atoms with Crippen LogP contribution in [0, 0.1) is 0 Å². The molecule has 0 radical (unpaired) electrons. The van der Waals surface area contributed by atoms with Crippen molar-refractivity contribution in [1.82, 2.24) is 10.3 Å². The van der Waals surface area contributed by atoms with Crippen LogP contribution in [0.4, 0.5) is 5.69 Å². The van der Waals surface area contributed by atoms with Crippen molar-refractivity contribution in [2.45, 2.75) is 0 Å². The fraction of sp³-hybridized carbons (Fsp3) is 0. The molecule has 4 rings (SSSR count). The Bertz CT molecular complexity index is 1140. The summed E-state index contributed by atoms with van der Waals surface area (Å²) in [6.07, 6.45) is 1.42. The average molecular weight is 442 g/mol. The molecule has 2 heterocycles. The molecule has 0 aliphatic carbocycles. The first-order chi connectivity index (χ1) is 13.1. The van der Waals surface area contributed by atoms with Crippen LogP contribution in [0.25, 0.3) is 22.6 Å². The fourth-order valence-corrected chi connectivity index (χ4v) is 3.09. The minimum Gasteiger partial charge on any atom is -0.459 e. The molecule has 2 aromatic heterocycles. The molecule has 27 heavy (non-hydrogen) atoms. The van der Waals surface area contributed by atoms with Gasteiger partial charge in [0.2, 0.25) is 5.89 Å². The van der Waals surface area contributed by atoms with Crippen LogP contribution in [-0.4, -0.2) is 16.0 Å². The van der Waals surface area contributed by atoms with Crippen molar-refractivity contribution in [2.75, 3.05) is 5.32 Å². The number of hydrogen-bond acceptors (Lipinski definition) is 5. The molecule has 134 valence electrons. The molecule has 4 aromatic rings. The number of halogens is 1. The van der Waals surface area contributed by atoms with Crippen LogP contribution in [0.5, 0.6) is 0 Å². The SMILES string of the molecule is O=C(NC(=S)Nc1ccc2oc(-c3cccc(Br)c3)nc2c1)c1ccco1. The first-order valence-corrected chi connectivity index (χ1v) is 9.11. The fourth-order valence-electron chi connectivity index (χ4n) is 2.48. The van der Waals surface area contributed by atoms with E-state index >= 15 is 0 Å². The second-order valence-electron chi connectivity index (χ2n) is 5.60. The number of amides is 1. The van der Waals surface area contributed by atoms with E-state index in [-0.39, 0.29) is 10.9 Å². The van der Waals surface area contributed by atoms with Gasteiger partial charge in [0.1, 0.15) is 5.52 Å². The number of anilines is 1. The number of benzene rings is 2. The molecule has 0 unspecified atom stereocenters. The maximum atomic E-state index is 11.9. The van der Waals surface area contributed by atoms with Gasteiger partial charge in [-0.3, -0.25) is 10.1 Å². The third kappa shape index (κ3) is 3.91. The molecule has 6 nitrogen and oxygen atoms in total. The van der Waals surface area contributed by atoms with Crippen molar-refractivity contribution < 1.29 is 13.6 Å². The third-order valence-corrected chi connectivity index (χ3v) is 4.39. The van der Waals surface area contributed by atoms with Crippen LogP contribution in [0.1, 0.15) is 10.6 Å². The van der Waals surface area contributed by atoms with Crippen molar-refractivity contribution in [3.8, 4) is 11.5 Å². The number of nitrogens with zero attached hydrogens (tertiary/aromatic N) is 1. The highest BCUT2D eigenvalue weighted by molar-refractivity contribution is 9.10. The lowest BCUT2D eigenvalue weighted by atomic mass is 10.2. The quantitative estimate of drug-likeness (QED) is 0.436. The summed E-state index contributed by atoms with van der Waals surface area (Å²) < 4.78 is 11.8. The highest BCUT2D eigenvalue weighted by Gasteiger charge is 2.12. The number of thiocarbonyl (C=S) groups is 1.